The Morgan fingerprint density at radius 2 is 2.00 bits per heavy atom. The van der Waals surface area contributed by atoms with Gasteiger partial charge in [0.05, 0.1) is 11.3 Å². The summed E-state index contributed by atoms with van der Waals surface area (Å²) >= 11 is 5.61. The topological polar surface area (TPSA) is 49.4 Å². The number of hydrogen-bond acceptors (Lipinski definition) is 2. The van der Waals surface area contributed by atoms with Crippen LogP contribution >= 0.6 is 11.6 Å². The van der Waals surface area contributed by atoms with Crippen LogP contribution in [0.1, 0.15) is 18.9 Å². The summed E-state index contributed by atoms with van der Waals surface area (Å²) in [6.45, 7) is 1.32. The molecule has 1 atom stereocenters. The van der Waals surface area contributed by atoms with E-state index in [-0.39, 0.29) is 29.6 Å². The number of hydrogen-bond donors (Lipinski definition) is 1. The molecule has 1 fully saturated rings. The Morgan fingerprint density at radius 3 is 2.62 bits per heavy atom. The molecule has 1 N–H and O–H groups in total. The van der Waals surface area contributed by atoms with Crippen molar-refractivity contribution in [3.8, 4) is 0 Å². The van der Waals surface area contributed by atoms with Gasteiger partial charge in [-0.05, 0) is 25.1 Å². The zero-order valence-corrected chi connectivity index (χ0v) is 11.8. The van der Waals surface area contributed by atoms with Crippen molar-refractivity contribution in [2.24, 2.45) is 0 Å². The molecule has 1 aliphatic rings. The number of carbonyl (C=O) groups is 2. The summed E-state index contributed by atoms with van der Waals surface area (Å²) in [5, 5.41) is 2.35. The van der Waals surface area contributed by atoms with Gasteiger partial charge in [-0.1, -0.05) is 11.6 Å². The van der Waals surface area contributed by atoms with E-state index in [2.05, 4.69) is 5.32 Å². The van der Waals surface area contributed by atoms with E-state index in [1.807, 2.05) is 0 Å². The van der Waals surface area contributed by atoms with E-state index < -0.39 is 23.7 Å². The van der Waals surface area contributed by atoms with Gasteiger partial charge >= 0.3 is 6.18 Å². The summed E-state index contributed by atoms with van der Waals surface area (Å²) in [5.74, 6) is -0.963. The van der Waals surface area contributed by atoms with Crippen LogP contribution < -0.4 is 10.2 Å². The summed E-state index contributed by atoms with van der Waals surface area (Å²) in [4.78, 5) is 24.6. The van der Waals surface area contributed by atoms with Crippen molar-refractivity contribution in [3.05, 3.63) is 28.8 Å². The zero-order valence-electron chi connectivity index (χ0n) is 11.0. The molecule has 1 unspecified atom stereocenters. The van der Waals surface area contributed by atoms with Crippen LogP contribution in [0.2, 0.25) is 5.02 Å². The van der Waals surface area contributed by atoms with E-state index in [0.717, 1.165) is 17.0 Å². The molecule has 0 aliphatic carbocycles. The van der Waals surface area contributed by atoms with Gasteiger partial charge < -0.3 is 10.2 Å². The molecule has 1 aromatic carbocycles. The fraction of sp³-hybridized carbons (Fsp3) is 0.385. The van der Waals surface area contributed by atoms with Gasteiger partial charge in [-0.25, -0.2) is 0 Å². The second-order valence-corrected chi connectivity index (χ2v) is 5.12. The van der Waals surface area contributed by atoms with E-state index in [4.69, 9.17) is 11.6 Å². The first-order valence-electron chi connectivity index (χ1n) is 6.17. The Balaban J connectivity index is 2.50. The molecule has 1 saturated heterocycles. The van der Waals surface area contributed by atoms with Gasteiger partial charge in [-0.15, -0.1) is 0 Å². The molecule has 114 valence electrons. The molecule has 2 rings (SSSR count). The van der Waals surface area contributed by atoms with Crippen LogP contribution in [0.5, 0.6) is 0 Å². The lowest BCUT2D eigenvalue weighted by Crippen LogP contribution is -2.43. The predicted octanol–water partition coefficient (Wildman–Crippen LogP) is 2.60. The van der Waals surface area contributed by atoms with E-state index in [1.165, 1.54) is 13.0 Å². The average Bonchev–Trinajstić information content (AvgIpc) is 2.49. The first kappa shape index (κ1) is 15.6. The minimum atomic E-state index is -4.65. The Kier molecular flexibility index (Phi) is 4.13. The number of benzene rings is 1. The van der Waals surface area contributed by atoms with Crippen molar-refractivity contribution in [1.82, 2.24) is 5.32 Å². The standard InChI is InChI=1S/C13H12ClF3N2O2/c1-7-12(21)19(5-4-11(20)18-7)10-3-2-8(14)6-9(10)13(15,16)17/h2-3,6-7H,4-5H2,1H3,(H,18,20). The zero-order chi connectivity index (χ0) is 15.8. The van der Waals surface area contributed by atoms with E-state index >= 15 is 0 Å². The van der Waals surface area contributed by atoms with Crippen LogP contribution in [-0.2, 0) is 15.8 Å². The van der Waals surface area contributed by atoms with E-state index in [0.29, 0.717) is 0 Å². The van der Waals surface area contributed by atoms with Gasteiger partial charge in [0.15, 0.2) is 0 Å². The summed E-state index contributed by atoms with van der Waals surface area (Å²) in [6, 6.07) is 2.32. The van der Waals surface area contributed by atoms with Crippen molar-refractivity contribution < 1.29 is 22.8 Å². The predicted molar refractivity (Wildman–Crippen MR) is 71.0 cm³/mol. The minimum Gasteiger partial charge on any atom is -0.345 e. The van der Waals surface area contributed by atoms with Crippen molar-refractivity contribution in [3.63, 3.8) is 0 Å². The van der Waals surface area contributed by atoms with Gasteiger partial charge in [0.1, 0.15) is 6.04 Å². The number of nitrogens with one attached hydrogen (secondary N) is 1. The molecule has 0 saturated carbocycles. The van der Waals surface area contributed by atoms with Crippen LogP contribution in [0.15, 0.2) is 18.2 Å². The SMILES string of the molecule is CC1NC(=O)CCN(c2ccc(Cl)cc2C(F)(F)F)C1=O. The largest absolute Gasteiger partial charge is 0.418 e. The van der Waals surface area contributed by atoms with Crippen LogP contribution in [0.4, 0.5) is 18.9 Å². The van der Waals surface area contributed by atoms with Crippen LogP contribution in [0.3, 0.4) is 0 Å². The molecule has 0 spiro atoms. The van der Waals surface area contributed by atoms with Crippen LogP contribution in [-0.4, -0.2) is 24.4 Å². The van der Waals surface area contributed by atoms with Crippen molar-refractivity contribution in [2.45, 2.75) is 25.6 Å². The van der Waals surface area contributed by atoms with E-state index in [1.54, 1.807) is 0 Å². The van der Waals surface area contributed by atoms with Gasteiger partial charge in [0.25, 0.3) is 0 Å². The molecule has 1 heterocycles. The third-order valence-electron chi connectivity index (χ3n) is 3.13. The van der Waals surface area contributed by atoms with Gasteiger partial charge in [-0.2, -0.15) is 13.2 Å². The third-order valence-corrected chi connectivity index (χ3v) is 3.37. The molecule has 2 amide bonds. The highest BCUT2D eigenvalue weighted by molar-refractivity contribution is 6.30. The monoisotopic (exact) mass is 320 g/mol. The van der Waals surface area contributed by atoms with Crippen molar-refractivity contribution in [1.29, 1.82) is 0 Å². The number of alkyl halides is 3. The Morgan fingerprint density at radius 1 is 1.33 bits per heavy atom. The molecular formula is C13H12ClF3N2O2. The number of rotatable bonds is 1. The quantitative estimate of drug-likeness (QED) is 0.864. The molecule has 4 nitrogen and oxygen atoms in total. The lowest BCUT2D eigenvalue weighted by Gasteiger charge is -2.25. The minimum absolute atomic E-state index is 0.0595. The van der Waals surface area contributed by atoms with Gasteiger partial charge in [-0.3, -0.25) is 9.59 Å². The van der Waals surface area contributed by atoms with Gasteiger partial charge in [0.2, 0.25) is 11.8 Å². The Labute approximate surface area is 123 Å². The van der Waals surface area contributed by atoms with Crippen LogP contribution in [0.25, 0.3) is 0 Å². The number of amides is 2. The number of halogens is 4. The van der Waals surface area contributed by atoms with Crippen molar-refractivity contribution in [2.75, 3.05) is 11.4 Å². The highest BCUT2D eigenvalue weighted by atomic mass is 35.5. The van der Waals surface area contributed by atoms with Crippen LogP contribution in [0, 0.1) is 0 Å². The maximum Gasteiger partial charge on any atom is 0.418 e. The number of anilines is 1. The molecular weight excluding hydrogens is 309 g/mol. The molecule has 1 aliphatic heterocycles. The molecule has 0 aromatic heterocycles. The lowest BCUT2D eigenvalue weighted by atomic mass is 10.1. The molecule has 21 heavy (non-hydrogen) atoms. The second-order valence-electron chi connectivity index (χ2n) is 4.69. The maximum atomic E-state index is 13.1. The highest BCUT2D eigenvalue weighted by Crippen LogP contribution is 2.38. The average molecular weight is 321 g/mol. The molecule has 8 heteroatoms. The molecule has 0 bridgehead atoms. The second kappa shape index (κ2) is 5.55. The molecule has 0 radical (unpaired) electrons. The Bertz CT molecular complexity index is 589. The summed E-state index contributed by atoms with van der Waals surface area (Å²) in [5.41, 5.74) is -1.29. The number of nitrogens with zero attached hydrogens (tertiary/aromatic N) is 1. The lowest BCUT2D eigenvalue weighted by molar-refractivity contribution is -0.137. The molecule has 1 aromatic rings. The maximum absolute atomic E-state index is 13.1. The van der Waals surface area contributed by atoms with Gasteiger partial charge in [0, 0.05) is 18.0 Å². The van der Waals surface area contributed by atoms with Crippen molar-refractivity contribution >= 4 is 29.1 Å². The first-order valence-corrected chi connectivity index (χ1v) is 6.55. The summed E-state index contributed by atoms with van der Waals surface area (Å²) < 4.78 is 39.3. The highest BCUT2D eigenvalue weighted by Gasteiger charge is 2.38. The normalized spacial score (nSPS) is 20.2. The fourth-order valence-corrected chi connectivity index (χ4v) is 2.31. The smallest absolute Gasteiger partial charge is 0.345 e. The third kappa shape index (κ3) is 3.29. The number of carbonyl (C=O) groups excluding carboxylic acids is 2. The van der Waals surface area contributed by atoms with E-state index in [9.17, 15) is 22.8 Å². The summed E-state index contributed by atoms with van der Waals surface area (Å²) in [6.07, 6.45) is -4.70. The Hall–Kier alpha value is -1.76. The summed E-state index contributed by atoms with van der Waals surface area (Å²) in [7, 11) is 0. The first-order chi connectivity index (χ1) is 9.70. The fourth-order valence-electron chi connectivity index (χ4n) is 2.14.